The number of nitriles is 1. The van der Waals surface area contributed by atoms with E-state index in [1.54, 1.807) is 12.1 Å². The molecule has 0 amide bonds. The molecule has 2 aromatic carbocycles. The van der Waals surface area contributed by atoms with Gasteiger partial charge in [-0.3, -0.25) is 0 Å². The molecule has 0 saturated heterocycles. The van der Waals surface area contributed by atoms with E-state index in [2.05, 4.69) is 21.2 Å². The van der Waals surface area contributed by atoms with Gasteiger partial charge >= 0.3 is 0 Å². The molecule has 0 bridgehead atoms. The van der Waals surface area contributed by atoms with E-state index in [1.807, 2.05) is 31.2 Å². The van der Waals surface area contributed by atoms with Crippen molar-refractivity contribution in [3.63, 3.8) is 0 Å². The number of nitrogens with zero attached hydrogens (tertiary/aromatic N) is 1. The molecule has 0 heterocycles. The number of benzene rings is 2. The van der Waals surface area contributed by atoms with Crippen LogP contribution in [-0.2, 0) is 0 Å². The minimum Gasteiger partial charge on any atom is -0.353 e. The molecule has 90 valence electrons. The average Bonchev–Trinajstić information content (AvgIpc) is 2.35. The Balaban J connectivity index is 2.44. The number of rotatable bonds is 2. The number of anilines is 2. The summed E-state index contributed by atoms with van der Waals surface area (Å²) in [5, 5.41) is 12.0. The first-order valence-electron chi connectivity index (χ1n) is 5.34. The van der Waals surface area contributed by atoms with Gasteiger partial charge in [-0.25, -0.2) is 4.39 Å². The van der Waals surface area contributed by atoms with Gasteiger partial charge in [0.2, 0.25) is 0 Å². The van der Waals surface area contributed by atoms with Crippen LogP contribution in [0.3, 0.4) is 0 Å². The largest absolute Gasteiger partial charge is 0.353 e. The predicted octanol–water partition coefficient (Wildman–Crippen LogP) is 4.51. The van der Waals surface area contributed by atoms with Crippen LogP contribution in [0.4, 0.5) is 15.8 Å². The van der Waals surface area contributed by atoms with E-state index in [9.17, 15) is 4.39 Å². The molecule has 0 aliphatic carbocycles. The molecule has 4 heteroatoms. The zero-order valence-corrected chi connectivity index (χ0v) is 11.3. The van der Waals surface area contributed by atoms with Crippen LogP contribution < -0.4 is 5.32 Å². The van der Waals surface area contributed by atoms with E-state index < -0.39 is 5.82 Å². The molecule has 2 aromatic rings. The summed E-state index contributed by atoms with van der Waals surface area (Å²) < 4.78 is 14.4. The lowest BCUT2D eigenvalue weighted by molar-refractivity contribution is 0.624. The molecule has 2 rings (SSSR count). The molecule has 2 nitrogen and oxygen atoms in total. The maximum Gasteiger partial charge on any atom is 0.143 e. The fourth-order valence-corrected chi connectivity index (χ4v) is 1.99. The van der Waals surface area contributed by atoms with Crippen molar-refractivity contribution >= 4 is 27.3 Å². The Hall–Kier alpha value is -1.86. The van der Waals surface area contributed by atoms with Gasteiger partial charge in [-0.2, -0.15) is 5.26 Å². The molecule has 0 spiro atoms. The van der Waals surface area contributed by atoms with E-state index >= 15 is 0 Å². The third kappa shape index (κ3) is 2.36. The fourth-order valence-electron chi connectivity index (χ4n) is 1.63. The fraction of sp³-hybridized carbons (Fsp3) is 0.0714. The number of aryl methyl sites for hydroxylation is 1. The van der Waals surface area contributed by atoms with Gasteiger partial charge in [-0.15, -0.1) is 0 Å². The van der Waals surface area contributed by atoms with E-state index in [-0.39, 0.29) is 5.56 Å². The summed E-state index contributed by atoms with van der Waals surface area (Å²) in [6.45, 7) is 1.96. The zero-order valence-electron chi connectivity index (χ0n) is 9.67. The summed E-state index contributed by atoms with van der Waals surface area (Å²) in [4.78, 5) is 0. The van der Waals surface area contributed by atoms with Gasteiger partial charge in [-0.1, -0.05) is 18.2 Å². The third-order valence-corrected chi connectivity index (χ3v) is 3.64. The summed E-state index contributed by atoms with van der Waals surface area (Å²) in [7, 11) is 0. The van der Waals surface area contributed by atoms with Gasteiger partial charge in [0.25, 0.3) is 0 Å². The first kappa shape index (κ1) is 12.6. The molecule has 0 fully saturated rings. The Morgan fingerprint density at radius 2 is 1.83 bits per heavy atom. The van der Waals surface area contributed by atoms with E-state index in [4.69, 9.17) is 5.26 Å². The van der Waals surface area contributed by atoms with Crippen LogP contribution in [0.5, 0.6) is 0 Å². The van der Waals surface area contributed by atoms with Crippen LogP contribution in [0.15, 0.2) is 40.9 Å². The van der Waals surface area contributed by atoms with Crippen molar-refractivity contribution in [2.24, 2.45) is 0 Å². The summed E-state index contributed by atoms with van der Waals surface area (Å²) in [5.74, 6) is -0.522. The number of hydrogen-bond donors (Lipinski definition) is 1. The van der Waals surface area contributed by atoms with Crippen molar-refractivity contribution in [3.05, 3.63) is 57.8 Å². The minimum atomic E-state index is -0.522. The van der Waals surface area contributed by atoms with Crippen molar-refractivity contribution < 1.29 is 4.39 Å². The quantitative estimate of drug-likeness (QED) is 0.886. The Labute approximate surface area is 113 Å². The van der Waals surface area contributed by atoms with Gasteiger partial charge in [0, 0.05) is 4.47 Å². The Kier molecular flexibility index (Phi) is 3.63. The molecular formula is C14H10BrFN2. The highest BCUT2D eigenvalue weighted by Crippen LogP contribution is 2.30. The molecule has 0 aliphatic rings. The lowest BCUT2D eigenvalue weighted by atomic mass is 10.1. The third-order valence-electron chi connectivity index (χ3n) is 2.59. The van der Waals surface area contributed by atoms with Crippen molar-refractivity contribution in [2.45, 2.75) is 6.92 Å². The van der Waals surface area contributed by atoms with Crippen molar-refractivity contribution in [2.75, 3.05) is 5.32 Å². The topological polar surface area (TPSA) is 35.8 Å². The van der Waals surface area contributed by atoms with Crippen LogP contribution in [0, 0.1) is 24.1 Å². The van der Waals surface area contributed by atoms with Gasteiger partial charge in [0.05, 0.1) is 11.4 Å². The number of hydrogen-bond acceptors (Lipinski definition) is 2. The average molecular weight is 305 g/mol. The molecule has 0 aliphatic heterocycles. The van der Waals surface area contributed by atoms with E-state index in [0.717, 1.165) is 15.7 Å². The van der Waals surface area contributed by atoms with Crippen LogP contribution in [0.2, 0.25) is 0 Å². The highest BCUT2D eigenvalue weighted by Gasteiger charge is 2.09. The van der Waals surface area contributed by atoms with Crippen LogP contribution in [0.1, 0.15) is 11.1 Å². The molecule has 0 aromatic heterocycles. The standard InChI is InChI=1S/C14H10BrFN2/c1-9-4-2-7-13(14(9)15)18-12-6-3-5-11(16)10(12)8-17/h2-7,18H,1H3. The lowest BCUT2D eigenvalue weighted by Crippen LogP contribution is -1.97. The van der Waals surface area contributed by atoms with Crippen molar-refractivity contribution in [1.29, 1.82) is 5.26 Å². The van der Waals surface area contributed by atoms with Gasteiger partial charge in [0.1, 0.15) is 17.4 Å². The number of nitrogens with one attached hydrogen (secondary N) is 1. The van der Waals surface area contributed by atoms with Crippen molar-refractivity contribution in [1.82, 2.24) is 0 Å². The Bertz CT molecular complexity index is 632. The molecule has 0 radical (unpaired) electrons. The second kappa shape index (κ2) is 5.19. The van der Waals surface area contributed by atoms with Crippen LogP contribution in [0.25, 0.3) is 0 Å². The minimum absolute atomic E-state index is 0.0194. The smallest absolute Gasteiger partial charge is 0.143 e. The lowest BCUT2D eigenvalue weighted by Gasteiger charge is -2.11. The maximum absolute atomic E-state index is 13.5. The monoisotopic (exact) mass is 304 g/mol. The maximum atomic E-state index is 13.5. The summed E-state index contributed by atoms with van der Waals surface area (Å²) in [6, 6.07) is 12.1. The van der Waals surface area contributed by atoms with Crippen molar-refractivity contribution in [3.8, 4) is 6.07 Å². The normalized spacial score (nSPS) is 9.89. The van der Waals surface area contributed by atoms with Gasteiger partial charge < -0.3 is 5.32 Å². The predicted molar refractivity (Wildman–Crippen MR) is 73.3 cm³/mol. The summed E-state index contributed by atoms with van der Waals surface area (Å²) in [5.41, 5.74) is 2.35. The van der Waals surface area contributed by atoms with E-state index in [1.165, 1.54) is 6.07 Å². The molecular weight excluding hydrogens is 295 g/mol. The highest BCUT2D eigenvalue weighted by atomic mass is 79.9. The molecule has 0 atom stereocenters. The zero-order chi connectivity index (χ0) is 13.1. The second-order valence-electron chi connectivity index (χ2n) is 3.84. The van der Waals surface area contributed by atoms with Gasteiger partial charge in [0.15, 0.2) is 0 Å². The van der Waals surface area contributed by atoms with E-state index in [0.29, 0.717) is 5.69 Å². The molecule has 18 heavy (non-hydrogen) atoms. The Morgan fingerprint density at radius 1 is 1.17 bits per heavy atom. The van der Waals surface area contributed by atoms with Crippen LogP contribution in [-0.4, -0.2) is 0 Å². The molecule has 0 unspecified atom stereocenters. The second-order valence-corrected chi connectivity index (χ2v) is 4.63. The first-order chi connectivity index (χ1) is 8.63. The number of halogens is 2. The highest BCUT2D eigenvalue weighted by molar-refractivity contribution is 9.10. The van der Waals surface area contributed by atoms with Gasteiger partial charge in [-0.05, 0) is 46.6 Å². The summed E-state index contributed by atoms with van der Waals surface area (Å²) in [6.07, 6.45) is 0. The molecule has 0 saturated carbocycles. The SMILES string of the molecule is Cc1cccc(Nc2cccc(F)c2C#N)c1Br. The first-order valence-corrected chi connectivity index (χ1v) is 6.13. The summed E-state index contributed by atoms with van der Waals surface area (Å²) >= 11 is 3.46. The van der Waals surface area contributed by atoms with Crippen LogP contribution >= 0.6 is 15.9 Å². The molecule has 1 N–H and O–H groups in total. The Morgan fingerprint density at radius 3 is 2.56 bits per heavy atom.